The zero-order valence-corrected chi connectivity index (χ0v) is 19.7. The van der Waals surface area contributed by atoms with Gasteiger partial charge in [0, 0.05) is 0 Å². The molecule has 0 aliphatic heterocycles. The van der Waals surface area contributed by atoms with Crippen molar-refractivity contribution in [3.8, 4) is 0 Å². The van der Waals surface area contributed by atoms with Crippen LogP contribution in [-0.4, -0.2) is 11.2 Å². The number of rotatable bonds is 4. The lowest BCUT2D eigenvalue weighted by Gasteiger charge is -2.55. The van der Waals surface area contributed by atoms with Gasteiger partial charge in [-0.15, -0.1) is 0 Å². The normalized spacial score (nSPS) is 44.0. The molecule has 0 aromatic heterocycles. The molecular formula is C28H44O. The molecule has 4 aliphatic carbocycles. The third-order valence-electron chi connectivity index (χ3n) is 10.0. The van der Waals surface area contributed by atoms with Gasteiger partial charge in [-0.2, -0.15) is 0 Å². The van der Waals surface area contributed by atoms with Gasteiger partial charge in [0.15, 0.2) is 0 Å². The predicted octanol–water partition coefficient (Wildman–Crippen LogP) is 7.33. The van der Waals surface area contributed by atoms with Gasteiger partial charge in [-0.1, -0.05) is 77.0 Å². The molecule has 162 valence electrons. The van der Waals surface area contributed by atoms with Crippen LogP contribution in [0.4, 0.5) is 0 Å². The fourth-order valence-electron chi connectivity index (χ4n) is 7.59. The molecule has 1 nitrogen and oxygen atoms in total. The van der Waals surface area contributed by atoms with E-state index in [2.05, 4.69) is 65.8 Å². The molecule has 8 atom stereocenters. The monoisotopic (exact) mass is 396 g/mol. The minimum atomic E-state index is -0.116. The largest absolute Gasteiger partial charge is 0.393 e. The highest BCUT2D eigenvalue weighted by Gasteiger charge is 2.56. The smallest absolute Gasteiger partial charge is 0.0578 e. The van der Waals surface area contributed by atoms with E-state index in [4.69, 9.17) is 0 Å². The lowest BCUT2D eigenvalue weighted by molar-refractivity contribution is 0.0382. The summed E-state index contributed by atoms with van der Waals surface area (Å²) in [6.45, 7) is 14.6. The van der Waals surface area contributed by atoms with Crippen LogP contribution >= 0.6 is 0 Å². The van der Waals surface area contributed by atoms with E-state index in [-0.39, 0.29) is 6.10 Å². The molecule has 1 heteroatoms. The van der Waals surface area contributed by atoms with Crippen molar-refractivity contribution in [2.75, 3.05) is 0 Å². The van der Waals surface area contributed by atoms with Crippen LogP contribution in [0.1, 0.15) is 86.5 Å². The Morgan fingerprint density at radius 3 is 2.41 bits per heavy atom. The van der Waals surface area contributed by atoms with E-state index in [0.29, 0.717) is 22.7 Å². The summed E-state index contributed by atoms with van der Waals surface area (Å²) in [6, 6.07) is 0. The van der Waals surface area contributed by atoms with Crippen LogP contribution in [0.2, 0.25) is 0 Å². The maximum atomic E-state index is 10.2. The van der Waals surface area contributed by atoms with E-state index < -0.39 is 0 Å². The zero-order chi connectivity index (χ0) is 21.0. The fourth-order valence-corrected chi connectivity index (χ4v) is 7.59. The molecule has 0 aromatic carbocycles. The first-order valence-electron chi connectivity index (χ1n) is 12.4. The highest BCUT2D eigenvalue weighted by molar-refractivity contribution is 5.39. The number of hydrogen-bond donors (Lipinski definition) is 1. The summed E-state index contributed by atoms with van der Waals surface area (Å²) in [5.74, 6) is 4.38. The van der Waals surface area contributed by atoms with E-state index in [0.717, 1.165) is 36.5 Å². The number of aliphatic hydroxyl groups excluding tert-OH is 1. The maximum Gasteiger partial charge on any atom is 0.0578 e. The molecular weight excluding hydrogens is 352 g/mol. The van der Waals surface area contributed by atoms with Crippen LogP contribution in [0.15, 0.2) is 35.5 Å². The SMILES string of the molecule is CC(C)[C@@H](C)/C=C\[C@@H](C)[C@H]1CC[C@H]2C3=CC=C4CC(O)CC[C@]4(C)[C@H]3CC[C@]12C. The topological polar surface area (TPSA) is 20.2 Å². The average molecular weight is 397 g/mol. The minimum Gasteiger partial charge on any atom is -0.393 e. The van der Waals surface area contributed by atoms with Crippen molar-refractivity contribution in [1.82, 2.24) is 0 Å². The molecule has 0 bridgehead atoms. The van der Waals surface area contributed by atoms with Crippen molar-refractivity contribution in [3.63, 3.8) is 0 Å². The molecule has 1 unspecified atom stereocenters. The summed E-state index contributed by atoms with van der Waals surface area (Å²) in [5, 5.41) is 10.2. The van der Waals surface area contributed by atoms with Crippen LogP contribution in [0.5, 0.6) is 0 Å². The summed E-state index contributed by atoms with van der Waals surface area (Å²) in [5.41, 5.74) is 4.07. The zero-order valence-electron chi connectivity index (χ0n) is 19.7. The third-order valence-corrected chi connectivity index (χ3v) is 10.0. The minimum absolute atomic E-state index is 0.116. The molecule has 0 radical (unpaired) electrons. The van der Waals surface area contributed by atoms with E-state index in [1.807, 2.05) is 0 Å². The maximum absolute atomic E-state index is 10.2. The fraction of sp³-hybridized carbons (Fsp3) is 0.786. The Morgan fingerprint density at radius 1 is 0.931 bits per heavy atom. The van der Waals surface area contributed by atoms with E-state index in [1.54, 1.807) is 5.57 Å². The molecule has 0 amide bonds. The molecule has 3 fully saturated rings. The Labute approximate surface area is 179 Å². The van der Waals surface area contributed by atoms with E-state index >= 15 is 0 Å². The van der Waals surface area contributed by atoms with Gasteiger partial charge < -0.3 is 5.11 Å². The quantitative estimate of drug-likeness (QED) is 0.493. The summed E-state index contributed by atoms with van der Waals surface area (Å²) in [4.78, 5) is 0. The van der Waals surface area contributed by atoms with Gasteiger partial charge >= 0.3 is 0 Å². The summed E-state index contributed by atoms with van der Waals surface area (Å²) >= 11 is 0. The number of aliphatic hydroxyl groups is 1. The lowest BCUT2D eigenvalue weighted by Crippen LogP contribution is -2.46. The highest BCUT2D eigenvalue weighted by atomic mass is 16.3. The van der Waals surface area contributed by atoms with Crippen molar-refractivity contribution in [2.45, 2.75) is 92.6 Å². The molecule has 0 spiro atoms. The summed E-state index contributed by atoms with van der Waals surface area (Å²) in [6.07, 6.45) is 18.4. The lowest BCUT2D eigenvalue weighted by atomic mass is 9.50. The van der Waals surface area contributed by atoms with Crippen molar-refractivity contribution < 1.29 is 5.11 Å². The van der Waals surface area contributed by atoms with Gasteiger partial charge in [0.25, 0.3) is 0 Å². The van der Waals surface area contributed by atoms with Crippen molar-refractivity contribution in [2.24, 2.45) is 46.3 Å². The number of allylic oxidation sites excluding steroid dienone is 5. The second-order valence-corrected chi connectivity index (χ2v) is 11.9. The summed E-state index contributed by atoms with van der Waals surface area (Å²) in [7, 11) is 0. The molecule has 0 heterocycles. The molecule has 0 aromatic rings. The molecule has 29 heavy (non-hydrogen) atoms. The Balaban J connectivity index is 1.57. The van der Waals surface area contributed by atoms with Gasteiger partial charge in [-0.05, 0) is 91.3 Å². The van der Waals surface area contributed by atoms with Crippen LogP contribution in [0, 0.1) is 46.3 Å². The van der Waals surface area contributed by atoms with Crippen molar-refractivity contribution >= 4 is 0 Å². The van der Waals surface area contributed by atoms with Gasteiger partial charge in [0.1, 0.15) is 0 Å². The highest BCUT2D eigenvalue weighted by Crippen LogP contribution is 2.65. The first-order chi connectivity index (χ1) is 13.7. The standard InChI is InChI=1S/C28H44O/c1-18(2)19(3)7-8-20(4)24-11-12-25-23-10-9-21-17-22(29)13-15-27(21,5)26(23)14-16-28(24,25)6/h7-10,18-20,22,24-26,29H,11-17H2,1-6H3/b8-7-/t19-,20+,22?,24+,25-,26-,27-,28+/m0/s1. The Hall–Kier alpha value is -0.820. The predicted molar refractivity (Wildman–Crippen MR) is 123 cm³/mol. The van der Waals surface area contributed by atoms with Crippen LogP contribution < -0.4 is 0 Å². The average Bonchev–Trinajstić information content (AvgIpc) is 3.03. The molecule has 0 saturated heterocycles. The molecule has 1 N–H and O–H groups in total. The van der Waals surface area contributed by atoms with E-state index in [9.17, 15) is 5.11 Å². The summed E-state index contributed by atoms with van der Waals surface area (Å²) < 4.78 is 0. The van der Waals surface area contributed by atoms with Crippen molar-refractivity contribution in [1.29, 1.82) is 0 Å². The van der Waals surface area contributed by atoms with E-state index in [1.165, 1.54) is 37.7 Å². The third kappa shape index (κ3) is 3.50. The van der Waals surface area contributed by atoms with Gasteiger partial charge in [0.05, 0.1) is 6.10 Å². The van der Waals surface area contributed by atoms with Crippen molar-refractivity contribution in [3.05, 3.63) is 35.5 Å². The van der Waals surface area contributed by atoms with Gasteiger partial charge in [-0.3, -0.25) is 0 Å². The van der Waals surface area contributed by atoms with Gasteiger partial charge in [-0.25, -0.2) is 0 Å². The molecule has 4 aliphatic rings. The number of fused-ring (bicyclic) bond motifs is 5. The Kier molecular flexibility index (Phi) is 5.69. The molecule has 3 saturated carbocycles. The van der Waals surface area contributed by atoms with Gasteiger partial charge in [0.2, 0.25) is 0 Å². The first-order valence-corrected chi connectivity index (χ1v) is 12.4. The second-order valence-electron chi connectivity index (χ2n) is 11.9. The van der Waals surface area contributed by atoms with Crippen LogP contribution in [0.3, 0.4) is 0 Å². The van der Waals surface area contributed by atoms with Crippen LogP contribution in [0.25, 0.3) is 0 Å². The second kappa shape index (κ2) is 7.70. The molecule has 4 rings (SSSR count). The van der Waals surface area contributed by atoms with Crippen LogP contribution in [-0.2, 0) is 0 Å². The Bertz CT molecular complexity index is 712. The number of hydrogen-bond acceptors (Lipinski definition) is 1. The first kappa shape index (κ1) is 21.4. The Morgan fingerprint density at radius 2 is 1.69 bits per heavy atom.